The predicted octanol–water partition coefficient (Wildman–Crippen LogP) is 4.03. The van der Waals surface area contributed by atoms with Gasteiger partial charge in [0.05, 0.1) is 0 Å². The van der Waals surface area contributed by atoms with Crippen LogP contribution in [0.2, 0.25) is 0 Å². The molecule has 0 bridgehead atoms. The molecule has 1 fully saturated rings. The molecule has 1 saturated carbocycles. The summed E-state index contributed by atoms with van der Waals surface area (Å²) in [6.07, 6.45) is 2.73. The third-order valence-electron chi connectivity index (χ3n) is 2.98. The minimum atomic E-state index is 0.831. The summed E-state index contributed by atoms with van der Waals surface area (Å²) in [6, 6.07) is 20.2. The summed E-state index contributed by atoms with van der Waals surface area (Å²) in [6.45, 7) is 0. The van der Waals surface area contributed by atoms with Gasteiger partial charge in [-0.25, -0.2) is 0 Å². The molecule has 0 aliphatic heterocycles. The summed E-state index contributed by atoms with van der Waals surface area (Å²) in [5.41, 5.74) is 4.08. The van der Waals surface area contributed by atoms with Gasteiger partial charge in [-0.3, -0.25) is 0 Å². The van der Waals surface area contributed by atoms with Crippen LogP contribution in [-0.2, 0) is 0 Å². The highest BCUT2D eigenvalue weighted by Crippen LogP contribution is 2.40. The first-order valence-corrected chi connectivity index (χ1v) is 5.50. The molecule has 2 aromatic rings. The maximum Gasteiger partial charge on any atom is -0.0161 e. The second kappa shape index (κ2) is 3.54. The van der Waals surface area contributed by atoms with Crippen molar-refractivity contribution in [1.29, 1.82) is 0 Å². The Labute approximate surface area is 90.6 Å². The van der Waals surface area contributed by atoms with E-state index in [1.54, 1.807) is 0 Å². The van der Waals surface area contributed by atoms with Gasteiger partial charge in [0, 0.05) is 0 Å². The van der Waals surface area contributed by atoms with E-state index in [2.05, 4.69) is 36.4 Å². The summed E-state index contributed by atoms with van der Waals surface area (Å²) in [4.78, 5) is 0. The fourth-order valence-electron chi connectivity index (χ4n) is 1.96. The maximum absolute atomic E-state index is 3.12. The fraction of sp³-hybridized carbons (Fsp3) is 0.200. The Kier molecular flexibility index (Phi) is 2.06. The van der Waals surface area contributed by atoms with E-state index in [1.807, 2.05) is 18.2 Å². The van der Waals surface area contributed by atoms with Crippen molar-refractivity contribution in [2.24, 2.45) is 0 Å². The van der Waals surface area contributed by atoms with Gasteiger partial charge < -0.3 is 0 Å². The second-order valence-electron chi connectivity index (χ2n) is 4.19. The van der Waals surface area contributed by atoms with Crippen LogP contribution in [0.4, 0.5) is 0 Å². The van der Waals surface area contributed by atoms with Crippen molar-refractivity contribution in [1.82, 2.24) is 0 Å². The molecular formula is C15H13. The van der Waals surface area contributed by atoms with Crippen molar-refractivity contribution in [3.63, 3.8) is 0 Å². The number of benzene rings is 2. The molecule has 0 spiro atoms. The van der Waals surface area contributed by atoms with E-state index < -0.39 is 0 Å². The standard InChI is InChI=1S/C15H13/c1-2-5-12(6-3-1)14-7-4-8-15(11-14)13-9-10-13/h1-2,4-8,11,13H,9-10H2. The highest BCUT2D eigenvalue weighted by molar-refractivity contribution is 5.64. The van der Waals surface area contributed by atoms with Gasteiger partial charge in [0.15, 0.2) is 0 Å². The predicted molar refractivity (Wildman–Crippen MR) is 62.7 cm³/mol. The third kappa shape index (κ3) is 1.80. The molecule has 0 atom stereocenters. The lowest BCUT2D eigenvalue weighted by molar-refractivity contribution is 1.13. The Balaban J connectivity index is 2.01. The molecule has 0 N–H and O–H groups in total. The summed E-state index contributed by atoms with van der Waals surface area (Å²) in [5.74, 6) is 0.831. The van der Waals surface area contributed by atoms with Gasteiger partial charge in [0.1, 0.15) is 0 Å². The van der Waals surface area contributed by atoms with Crippen molar-refractivity contribution in [3.05, 3.63) is 60.2 Å². The minimum absolute atomic E-state index is 0.831. The summed E-state index contributed by atoms with van der Waals surface area (Å²) >= 11 is 0. The molecule has 15 heavy (non-hydrogen) atoms. The van der Waals surface area contributed by atoms with Gasteiger partial charge in [0.2, 0.25) is 0 Å². The second-order valence-corrected chi connectivity index (χ2v) is 4.19. The van der Waals surface area contributed by atoms with E-state index in [4.69, 9.17) is 0 Å². The Morgan fingerprint density at radius 2 is 1.87 bits per heavy atom. The van der Waals surface area contributed by atoms with Gasteiger partial charge in [-0.2, -0.15) is 0 Å². The zero-order valence-corrected chi connectivity index (χ0v) is 8.61. The molecule has 73 valence electrons. The zero-order valence-electron chi connectivity index (χ0n) is 8.61. The van der Waals surface area contributed by atoms with E-state index in [-0.39, 0.29) is 0 Å². The van der Waals surface area contributed by atoms with Crippen LogP contribution in [0, 0.1) is 6.07 Å². The summed E-state index contributed by atoms with van der Waals surface area (Å²) in [7, 11) is 0. The zero-order chi connectivity index (χ0) is 10.1. The van der Waals surface area contributed by atoms with Crippen LogP contribution in [0.3, 0.4) is 0 Å². The largest absolute Gasteiger partial charge is 0.0614 e. The molecule has 3 rings (SSSR count). The lowest BCUT2D eigenvalue weighted by Gasteiger charge is -2.03. The highest BCUT2D eigenvalue weighted by atomic mass is 14.3. The molecule has 0 heterocycles. The molecule has 0 amide bonds. The smallest absolute Gasteiger partial charge is 0.0161 e. The summed E-state index contributed by atoms with van der Waals surface area (Å²) in [5, 5.41) is 0. The Bertz CT molecular complexity index is 452. The molecule has 0 saturated heterocycles. The molecular weight excluding hydrogens is 180 g/mol. The van der Waals surface area contributed by atoms with E-state index >= 15 is 0 Å². The molecule has 1 aliphatic rings. The van der Waals surface area contributed by atoms with Crippen molar-refractivity contribution in [3.8, 4) is 11.1 Å². The molecule has 0 nitrogen and oxygen atoms in total. The van der Waals surface area contributed by atoms with Crippen LogP contribution in [0.15, 0.2) is 48.5 Å². The average molecular weight is 193 g/mol. The van der Waals surface area contributed by atoms with Crippen LogP contribution in [-0.4, -0.2) is 0 Å². The monoisotopic (exact) mass is 193 g/mol. The molecule has 1 aliphatic carbocycles. The molecule has 1 radical (unpaired) electrons. The van der Waals surface area contributed by atoms with Gasteiger partial charge in [-0.1, -0.05) is 42.5 Å². The maximum atomic E-state index is 3.12. The number of rotatable bonds is 2. The van der Waals surface area contributed by atoms with Crippen molar-refractivity contribution >= 4 is 0 Å². The summed E-state index contributed by atoms with van der Waals surface area (Å²) < 4.78 is 0. The van der Waals surface area contributed by atoms with Crippen molar-refractivity contribution in [2.75, 3.05) is 0 Å². The Hall–Kier alpha value is -1.56. The minimum Gasteiger partial charge on any atom is -0.0614 e. The van der Waals surface area contributed by atoms with E-state index in [0.717, 1.165) is 5.92 Å². The fourth-order valence-corrected chi connectivity index (χ4v) is 1.96. The van der Waals surface area contributed by atoms with Crippen LogP contribution in [0.5, 0.6) is 0 Å². The van der Waals surface area contributed by atoms with E-state index in [0.29, 0.717) is 0 Å². The molecule has 0 heteroatoms. The van der Waals surface area contributed by atoms with Crippen molar-refractivity contribution < 1.29 is 0 Å². The van der Waals surface area contributed by atoms with Gasteiger partial charge in [-0.05, 0) is 47.6 Å². The van der Waals surface area contributed by atoms with Crippen LogP contribution < -0.4 is 0 Å². The normalized spacial score (nSPS) is 15.2. The van der Waals surface area contributed by atoms with E-state index in [9.17, 15) is 0 Å². The first kappa shape index (κ1) is 8.72. The van der Waals surface area contributed by atoms with Gasteiger partial charge >= 0.3 is 0 Å². The van der Waals surface area contributed by atoms with Crippen molar-refractivity contribution in [2.45, 2.75) is 18.8 Å². The lowest BCUT2D eigenvalue weighted by Crippen LogP contribution is -1.81. The van der Waals surface area contributed by atoms with Crippen LogP contribution >= 0.6 is 0 Å². The van der Waals surface area contributed by atoms with Crippen LogP contribution in [0.25, 0.3) is 11.1 Å². The lowest BCUT2D eigenvalue weighted by atomic mass is 10.0. The average Bonchev–Trinajstić information content (AvgIpc) is 3.14. The van der Waals surface area contributed by atoms with Gasteiger partial charge in [-0.15, -0.1) is 0 Å². The number of hydrogen-bond donors (Lipinski definition) is 0. The van der Waals surface area contributed by atoms with Gasteiger partial charge in [0.25, 0.3) is 0 Å². The van der Waals surface area contributed by atoms with Crippen LogP contribution in [0.1, 0.15) is 24.3 Å². The topological polar surface area (TPSA) is 0 Å². The van der Waals surface area contributed by atoms with E-state index in [1.165, 1.54) is 29.5 Å². The first-order chi connectivity index (χ1) is 7.43. The Morgan fingerprint density at radius 1 is 1.00 bits per heavy atom. The third-order valence-corrected chi connectivity index (χ3v) is 2.98. The Morgan fingerprint density at radius 3 is 2.60 bits per heavy atom. The SMILES string of the molecule is [c]1cccc(-c2cccc(C3CC3)c2)c1. The quantitative estimate of drug-likeness (QED) is 0.675. The number of hydrogen-bond acceptors (Lipinski definition) is 0. The molecule has 0 unspecified atom stereocenters. The highest BCUT2D eigenvalue weighted by Gasteiger charge is 2.23. The molecule has 2 aromatic carbocycles. The first-order valence-electron chi connectivity index (χ1n) is 5.50. The molecule has 0 aromatic heterocycles.